The molecule has 1 unspecified atom stereocenters. The summed E-state index contributed by atoms with van der Waals surface area (Å²) >= 11 is 6.24. The molecular formula is C15H20ClN3. The largest absolute Gasteiger partial charge is 0.306 e. The molecule has 0 fully saturated rings. The molecule has 1 N–H and O–H groups in total. The molecular weight excluding hydrogens is 258 g/mol. The van der Waals surface area contributed by atoms with Crippen LogP contribution in [0.15, 0.2) is 30.6 Å². The molecule has 0 radical (unpaired) electrons. The van der Waals surface area contributed by atoms with Gasteiger partial charge >= 0.3 is 0 Å². The lowest BCUT2D eigenvalue weighted by Gasteiger charge is -2.18. The van der Waals surface area contributed by atoms with Gasteiger partial charge in [0.2, 0.25) is 0 Å². The van der Waals surface area contributed by atoms with Gasteiger partial charge in [0.1, 0.15) is 0 Å². The molecule has 0 aliphatic heterocycles. The van der Waals surface area contributed by atoms with Gasteiger partial charge in [-0.15, -0.1) is 0 Å². The van der Waals surface area contributed by atoms with Crippen LogP contribution in [0.1, 0.15) is 36.1 Å². The van der Waals surface area contributed by atoms with Gasteiger partial charge < -0.3 is 5.32 Å². The average Bonchev–Trinajstić information content (AvgIpc) is 2.80. The van der Waals surface area contributed by atoms with Gasteiger partial charge in [0, 0.05) is 23.8 Å². The third-order valence-corrected chi connectivity index (χ3v) is 3.59. The smallest absolute Gasteiger partial charge is 0.0608 e. The molecule has 0 aliphatic carbocycles. The molecule has 19 heavy (non-hydrogen) atoms. The minimum atomic E-state index is 0.145. The second-order valence-corrected chi connectivity index (χ2v) is 5.25. The Morgan fingerprint density at radius 3 is 2.74 bits per heavy atom. The first-order valence-corrected chi connectivity index (χ1v) is 6.97. The molecule has 2 aromatic rings. The Morgan fingerprint density at radius 2 is 2.16 bits per heavy atom. The Kier molecular flexibility index (Phi) is 4.61. The maximum Gasteiger partial charge on any atom is 0.0608 e. The number of hydrogen-bond acceptors (Lipinski definition) is 2. The fourth-order valence-corrected chi connectivity index (χ4v) is 2.28. The Balaban J connectivity index is 2.33. The van der Waals surface area contributed by atoms with Gasteiger partial charge in [0.25, 0.3) is 0 Å². The quantitative estimate of drug-likeness (QED) is 0.907. The number of nitrogens with one attached hydrogen (secondary N) is 1. The molecule has 1 aromatic heterocycles. The summed E-state index contributed by atoms with van der Waals surface area (Å²) in [5.74, 6) is 0. The average molecular weight is 278 g/mol. The van der Waals surface area contributed by atoms with Crippen molar-refractivity contribution in [3.05, 3.63) is 52.3 Å². The van der Waals surface area contributed by atoms with Crippen LogP contribution in [0, 0.1) is 6.92 Å². The van der Waals surface area contributed by atoms with E-state index in [1.54, 1.807) is 0 Å². The number of hydrogen-bond donors (Lipinski definition) is 1. The minimum absolute atomic E-state index is 0.145. The van der Waals surface area contributed by atoms with E-state index in [9.17, 15) is 0 Å². The summed E-state index contributed by atoms with van der Waals surface area (Å²) < 4.78 is 1.83. The van der Waals surface area contributed by atoms with Gasteiger partial charge in [-0.25, -0.2) is 0 Å². The van der Waals surface area contributed by atoms with Gasteiger partial charge in [0.15, 0.2) is 0 Å². The highest BCUT2D eigenvalue weighted by Crippen LogP contribution is 2.26. The van der Waals surface area contributed by atoms with Crippen LogP contribution in [-0.2, 0) is 7.05 Å². The number of aryl methyl sites for hydroxylation is 2. The Hall–Kier alpha value is -1.32. The lowest BCUT2D eigenvalue weighted by atomic mass is 10.0. The first-order valence-electron chi connectivity index (χ1n) is 6.59. The summed E-state index contributed by atoms with van der Waals surface area (Å²) in [5.41, 5.74) is 3.44. The van der Waals surface area contributed by atoms with Gasteiger partial charge in [-0.05, 0) is 37.1 Å². The minimum Gasteiger partial charge on any atom is -0.306 e. The third-order valence-electron chi connectivity index (χ3n) is 3.19. The highest BCUT2D eigenvalue weighted by Gasteiger charge is 2.15. The number of halogens is 1. The standard InChI is InChI=1S/C15H20ClN3/c1-4-7-17-15(13-9-18-19(3)10-13)12-6-5-11(2)14(16)8-12/h5-6,8-10,15,17H,4,7H2,1-3H3. The molecule has 0 saturated carbocycles. The molecule has 0 bridgehead atoms. The lowest BCUT2D eigenvalue weighted by Crippen LogP contribution is -2.22. The number of benzene rings is 1. The highest BCUT2D eigenvalue weighted by molar-refractivity contribution is 6.31. The lowest BCUT2D eigenvalue weighted by molar-refractivity contribution is 0.598. The van der Waals surface area contributed by atoms with Crippen molar-refractivity contribution in [2.45, 2.75) is 26.3 Å². The van der Waals surface area contributed by atoms with Crippen LogP contribution in [0.4, 0.5) is 0 Å². The summed E-state index contributed by atoms with van der Waals surface area (Å²) in [4.78, 5) is 0. The van der Waals surface area contributed by atoms with E-state index in [2.05, 4.69) is 29.5 Å². The highest BCUT2D eigenvalue weighted by atomic mass is 35.5. The van der Waals surface area contributed by atoms with Gasteiger partial charge in [-0.2, -0.15) is 5.10 Å². The van der Waals surface area contributed by atoms with E-state index >= 15 is 0 Å². The molecule has 0 saturated heterocycles. The van der Waals surface area contributed by atoms with Crippen LogP contribution in [0.3, 0.4) is 0 Å². The van der Waals surface area contributed by atoms with E-state index in [0.29, 0.717) is 0 Å². The second kappa shape index (κ2) is 6.22. The van der Waals surface area contributed by atoms with Crippen LogP contribution >= 0.6 is 11.6 Å². The van der Waals surface area contributed by atoms with Crippen LogP contribution in [0.5, 0.6) is 0 Å². The molecule has 0 aliphatic rings. The van der Waals surface area contributed by atoms with Crippen molar-refractivity contribution in [2.24, 2.45) is 7.05 Å². The molecule has 0 amide bonds. The summed E-state index contributed by atoms with van der Waals surface area (Å²) in [5, 5.41) is 8.61. The van der Waals surface area contributed by atoms with E-state index < -0.39 is 0 Å². The zero-order valence-electron chi connectivity index (χ0n) is 11.7. The van der Waals surface area contributed by atoms with Gasteiger partial charge in [-0.1, -0.05) is 30.7 Å². The molecule has 2 rings (SSSR count). The summed E-state index contributed by atoms with van der Waals surface area (Å²) in [6, 6.07) is 6.37. The van der Waals surface area contributed by atoms with Gasteiger partial charge in [-0.3, -0.25) is 4.68 Å². The van der Waals surface area contributed by atoms with E-state index in [-0.39, 0.29) is 6.04 Å². The summed E-state index contributed by atoms with van der Waals surface area (Å²) in [6.45, 7) is 5.14. The van der Waals surface area contributed by atoms with Crippen molar-refractivity contribution >= 4 is 11.6 Å². The predicted molar refractivity (Wildman–Crippen MR) is 79.5 cm³/mol. The SMILES string of the molecule is CCCNC(c1ccc(C)c(Cl)c1)c1cnn(C)c1. The monoisotopic (exact) mass is 277 g/mol. The fraction of sp³-hybridized carbons (Fsp3) is 0.400. The molecule has 3 nitrogen and oxygen atoms in total. The topological polar surface area (TPSA) is 29.9 Å². The van der Waals surface area contributed by atoms with E-state index in [1.165, 1.54) is 5.56 Å². The third kappa shape index (κ3) is 3.37. The second-order valence-electron chi connectivity index (χ2n) is 4.84. The maximum atomic E-state index is 6.24. The van der Waals surface area contributed by atoms with Crippen LogP contribution < -0.4 is 5.32 Å². The van der Waals surface area contributed by atoms with E-state index in [1.807, 2.05) is 37.1 Å². The van der Waals surface area contributed by atoms with Crippen molar-refractivity contribution in [3.8, 4) is 0 Å². The summed E-state index contributed by atoms with van der Waals surface area (Å²) in [7, 11) is 1.93. The summed E-state index contributed by atoms with van der Waals surface area (Å²) in [6.07, 6.45) is 5.04. The molecule has 0 spiro atoms. The normalized spacial score (nSPS) is 12.6. The molecule has 1 aromatic carbocycles. The van der Waals surface area contributed by atoms with Crippen molar-refractivity contribution in [1.29, 1.82) is 0 Å². The first-order chi connectivity index (χ1) is 9.11. The predicted octanol–water partition coefficient (Wildman–Crippen LogP) is 3.47. The first kappa shape index (κ1) is 14.1. The molecule has 1 atom stereocenters. The van der Waals surface area contributed by atoms with Crippen LogP contribution in [0.25, 0.3) is 0 Å². The molecule has 1 heterocycles. The number of nitrogens with zero attached hydrogens (tertiary/aromatic N) is 2. The van der Waals surface area contributed by atoms with Crippen molar-refractivity contribution in [3.63, 3.8) is 0 Å². The Morgan fingerprint density at radius 1 is 1.37 bits per heavy atom. The van der Waals surface area contributed by atoms with Crippen molar-refractivity contribution in [1.82, 2.24) is 15.1 Å². The van der Waals surface area contributed by atoms with Crippen LogP contribution in [-0.4, -0.2) is 16.3 Å². The van der Waals surface area contributed by atoms with Gasteiger partial charge in [0.05, 0.1) is 12.2 Å². The molecule has 4 heteroatoms. The number of aromatic nitrogens is 2. The fourth-order valence-electron chi connectivity index (χ4n) is 2.09. The van der Waals surface area contributed by atoms with Crippen molar-refractivity contribution < 1.29 is 0 Å². The zero-order chi connectivity index (χ0) is 13.8. The Labute approximate surface area is 119 Å². The Bertz CT molecular complexity index is 548. The van der Waals surface area contributed by atoms with Crippen LogP contribution in [0.2, 0.25) is 5.02 Å². The van der Waals surface area contributed by atoms with Crippen molar-refractivity contribution in [2.75, 3.05) is 6.54 Å². The molecule has 102 valence electrons. The zero-order valence-corrected chi connectivity index (χ0v) is 12.4. The maximum absolute atomic E-state index is 6.24. The number of rotatable bonds is 5. The van der Waals surface area contributed by atoms with E-state index in [4.69, 9.17) is 11.6 Å². The van der Waals surface area contributed by atoms with E-state index in [0.717, 1.165) is 29.1 Å².